The Morgan fingerprint density at radius 2 is 1.94 bits per heavy atom. The highest BCUT2D eigenvalue weighted by Crippen LogP contribution is 2.64. The van der Waals surface area contributed by atoms with Gasteiger partial charge in [0.1, 0.15) is 11.6 Å². The number of carbonyl (C=O) groups is 2. The minimum Gasteiger partial charge on any atom is -0.484 e. The fraction of sp³-hybridized carbons (Fsp3) is 0.500. The Bertz CT molecular complexity index is 1140. The minimum atomic E-state index is -4.68. The van der Waals surface area contributed by atoms with Crippen molar-refractivity contribution in [2.45, 2.75) is 61.7 Å². The van der Waals surface area contributed by atoms with Crippen molar-refractivity contribution >= 4 is 23.4 Å². The number of nitrogens with zero attached hydrogens (tertiary/aromatic N) is 2. The number of halogens is 5. The summed E-state index contributed by atoms with van der Waals surface area (Å²) in [6.07, 6.45) is -0.458. The second-order valence-corrected chi connectivity index (χ2v) is 9.86. The zero-order valence-electron chi connectivity index (χ0n) is 18.2. The van der Waals surface area contributed by atoms with Gasteiger partial charge in [0.15, 0.2) is 6.61 Å². The quantitative estimate of drug-likeness (QED) is 0.525. The van der Waals surface area contributed by atoms with Gasteiger partial charge in [-0.3, -0.25) is 19.0 Å². The van der Waals surface area contributed by atoms with Crippen LogP contribution in [0.15, 0.2) is 30.6 Å². The van der Waals surface area contributed by atoms with Crippen LogP contribution in [0.1, 0.15) is 42.5 Å². The first-order valence-electron chi connectivity index (χ1n) is 10.9. The van der Waals surface area contributed by atoms with Gasteiger partial charge >= 0.3 is 6.36 Å². The Morgan fingerprint density at radius 3 is 2.60 bits per heavy atom. The van der Waals surface area contributed by atoms with Gasteiger partial charge in [0, 0.05) is 23.8 Å². The van der Waals surface area contributed by atoms with Crippen LogP contribution in [0.2, 0.25) is 5.02 Å². The predicted molar refractivity (Wildman–Crippen MR) is 113 cm³/mol. The molecule has 4 fully saturated rings. The zero-order valence-corrected chi connectivity index (χ0v) is 19.0. The summed E-state index contributed by atoms with van der Waals surface area (Å²) in [7, 11) is 0. The fourth-order valence-corrected chi connectivity index (χ4v) is 5.21. The zero-order chi connectivity index (χ0) is 25.0. The molecular weight excluding hydrogens is 496 g/mol. The molecule has 0 saturated heterocycles. The van der Waals surface area contributed by atoms with Crippen molar-refractivity contribution < 1.29 is 36.6 Å². The Kier molecular flexibility index (Phi) is 5.71. The highest BCUT2D eigenvalue weighted by Gasteiger charge is 2.70. The Balaban J connectivity index is 1.06. The molecule has 2 bridgehead atoms. The number of hydrogen-bond acceptors (Lipinski definition) is 5. The summed E-state index contributed by atoms with van der Waals surface area (Å²) < 4.78 is 61.0. The van der Waals surface area contributed by atoms with E-state index in [0.717, 1.165) is 6.07 Å². The average Bonchev–Trinajstić information content (AvgIpc) is 3.18. The van der Waals surface area contributed by atoms with Crippen molar-refractivity contribution in [3.63, 3.8) is 0 Å². The van der Waals surface area contributed by atoms with Crippen molar-refractivity contribution in [2.24, 2.45) is 0 Å². The number of ether oxygens (including phenoxy) is 2. The third-order valence-electron chi connectivity index (χ3n) is 6.73. The summed E-state index contributed by atoms with van der Waals surface area (Å²) in [6.45, 7) is -0.266. The number of rotatable bonds is 8. The first-order valence-corrected chi connectivity index (χ1v) is 11.3. The molecule has 35 heavy (non-hydrogen) atoms. The van der Waals surface area contributed by atoms with E-state index in [1.807, 2.05) is 0 Å². The summed E-state index contributed by atoms with van der Waals surface area (Å²) in [5, 5.41) is 9.88. The first-order chi connectivity index (χ1) is 16.4. The molecule has 1 heterocycles. The monoisotopic (exact) mass is 516 g/mol. The number of carbonyl (C=O) groups excluding carboxylic acids is 2. The van der Waals surface area contributed by atoms with E-state index >= 15 is 0 Å². The van der Waals surface area contributed by atoms with E-state index in [-0.39, 0.29) is 53.2 Å². The highest BCUT2D eigenvalue weighted by atomic mass is 35.5. The largest absolute Gasteiger partial charge is 0.522 e. The maximum Gasteiger partial charge on any atom is 0.522 e. The third-order valence-corrected chi connectivity index (χ3v) is 7.04. The molecule has 0 aliphatic heterocycles. The Labute approximate surface area is 201 Å². The molecule has 1 aromatic carbocycles. The van der Waals surface area contributed by atoms with Crippen LogP contribution in [-0.2, 0) is 15.1 Å². The minimum absolute atomic E-state index is 0.0348. The molecule has 4 saturated carbocycles. The number of aromatic nitrogens is 2. The Hall–Kier alpha value is -2.86. The molecule has 2 N–H and O–H groups in total. The normalized spacial score (nSPS) is 28.8. The molecule has 188 valence electrons. The summed E-state index contributed by atoms with van der Waals surface area (Å²) in [5.41, 5.74) is -0.329. The van der Waals surface area contributed by atoms with Gasteiger partial charge in [-0.1, -0.05) is 11.6 Å². The van der Waals surface area contributed by atoms with Gasteiger partial charge in [-0.05, 0) is 44.2 Å². The van der Waals surface area contributed by atoms with Crippen molar-refractivity contribution in [2.75, 3.05) is 6.61 Å². The van der Waals surface area contributed by atoms with Crippen molar-refractivity contribution in [1.29, 1.82) is 0 Å². The number of hydrogen-bond donors (Lipinski definition) is 2. The van der Waals surface area contributed by atoms with Crippen LogP contribution in [0.25, 0.3) is 0 Å². The number of amides is 2. The predicted octanol–water partition coefficient (Wildman–Crippen LogP) is 3.30. The summed E-state index contributed by atoms with van der Waals surface area (Å²) in [4.78, 5) is 24.7. The van der Waals surface area contributed by atoms with Gasteiger partial charge in [0.25, 0.3) is 11.8 Å². The van der Waals surface area contributed by atoms with E-state index in [4.69, 9.17) is 16.3 Å². The van der Waals surface area contributed by atoms with E-state index in [1.54, 1.807) is 10.9 Å². The molecule has 6 rings (SSSR count). The van der Waals surface area contributed by atoms with Crippen LogP contribution in [0, 0.1) is 5.82 Å². The summed E-state index contributed by atoms with van der Waals surface area (Å²) in [6, 6.07) is 3.55. The topological polar surface area (TPSA) is 94.5 Å². The average molecular weight is 517 g/mol. The summed E-state index contributed by atoms with van der Waals surface area (Å²) in [5.74, 6) is -1.17. The van der Waals surface area contributed by atoms with Crippen molar-refractivity contribution in [3.05, 3.63) is 47.0 Å². The van der Waals surface area contributed by atoms with Crippen LogP contribution in [0.4, 0.5) is 17.6 Å². The van der Waals surface area contributed by atoms with Crippen LogP contribution in [0.3, 0.4) is 0 Å². The van der Waals surface area contributed by atoms with E-state index in [0.29, 0.717) is 24.8 Å². The fourth-order valence-electron chi connectivity index (χ4n) is 5.09. The third kappa shape index (κ3) is 4.81. The molecule has 4 aliphatic rings. The molecule has 13 heteroatoms. The van der Waals surface area contributed by atoms with E-state index in [1.165, 1.54) is 18.3 Å². The lowest BCUT2D eigenvalue weighted by Crippen LogP contribution is -2.79. The molecule has 2 amide bonds. The standard InChI is InChI=1S/C22H21ClF4N4O4/c23-16-2-1-14(5-17(16)24)34-8-18(32)30-20-9-21(10-20,11-20)31-7-12(6-28-31)19(33)29-13-3-15(4-13)35-22(25,26)27/h1-2,5-7,13,15H,3-4,8-11H2,(H,29,33)(H,30,32)/t13-,15+,20?,21?. The highest BCUT2D eigenvalue weighted by molar-refractivity contribution is 6.30. The molecule has 0 unspecified atom stereocenters. The van der Waals surface area contributed by atoms with Gasteiger partial charge in [-0.15, -0.1) is 13.2 Å². The summed E-state index contributed by atoms with van der Waals surface area (Å²) >= 11 is 5.62. The van der Waals surface area contributed by atoms with Gasteiger partial charge in [-0.2, -0.15) is 5.10 Å². The number of nitrogens with one attached hydrogen (secondary N) is 2. The van der Waals surface area contributed by atoms with Gasteiger partial charge in [0.05, 0.1) is 28.4 Å². The van der Waals surface area contributed by atoms with E-state index < -0.39 is 24.2 Å². The van der Waals surface area contributed by atoms with Gasteiger partial charge in [-0.25, -0.2) is 4.39 Å². The molecule has 8 nitrogen and oxygen atoms in total. The van der Waals surface area contributed by atoms with E-state index in [9.17, 15) is 27.2 Å². The van der Waals surface area contributed by atoms with Gasteiger partial charge in [0.2, 0.25) is 0 Å². The number of alkyl halides is 3. The molecule has 0 radical (unpaired) electrons. The van der Waals surface area contributed by atoms with E-state index in [2.05, 4.69) is 20.5 Å². The lowest BCUT2D eigenvalue weighted by molar-refractivity contribution is -0.351. The maximum atomic E-state index is 13.5. The maximum absolute atomic E-state index is 13.5. The van der Waals surface area contributed by atoms with Crippen molar-refractivity contribution in [1.82, 2.24) is 20.4 Å². The first kappa shape index (κ1) is 23.9. The second kappa shape index (κ2) is 8.37. The molecule has 0 spiro atoms. The van der Waals surface area contributed by atoms with Crippen LogP contribution in [-0.4, -0.2) is 52.2 Å². The SMILES string of the molecule is O=C(COc1ccc(Cl)c(F)c1)NC12CC(n3cc(C(=O)N[C@H]4C[C@@H](OC(F)(F)F)C4)cn3)(C1)C2. The smallest absolute Gasteiger partial charge is 0.484 e. The number of benzene rings is 1. The molecule has 4 aliphatic carbocycles. The van der Waals surface area contributed by atoms with Crippen LogP contribution in [0.5, 0.6) is 5.75 Å². The molecule has 0 atom stereocenters. The molecule has 1 aromatic heterocycles. The van der Waals surface area contributed by atoms with Gasteiger partial charge < -0.3 is 15.4 Å². The lowest BCUT2D eigenvalue weighted by Gasteiger charge is -2.69. The molecular formula is C22H21ClF4N4O4. The van der Waals surface area contributed by atoms with Crippen LogP contribution < -0.4 is 15.4 Å². The van der Waals surface area contributed by atoms with Crippen molar-refractivity contribution in [3.8, 4) is 5.75 Å². The second-order valence-electron chi connectivity index (χ2n) is 9.45. The van der Waals surface area contributed by atoms with Crippen LogP contribution >= 0.6 is 11.6 Å². The molecule has 2 aromatic rings. The lowest BCUT2D eigenvalue weighted by atomic mass is 9.44. The Morgan fingerprint density at radius 1 is 1.23 bits per heavy atom.